The molecule has 1 fully saturated rings. The van der Waals surface area contributed by atoms with E-state index in [4.69, 9.17) is 5.73 Å². The van der Waals surface area contributed by atoms with E-state index in [2.05, 4.69) is 10.4 Å². The zero-order valence-corrected chi connectivity index (χ0v) is 12.8. The summed E-state index contributed by atoms with van der Waals surface area (Å²) in [5, 5.41) is 7.87. The Bertz CT molecular complexity index is 472. The van der Waals surface area contributed by atoms with Gasteiger partial charge in [-0.05, 0) is 26.7 Å². The number of hydrogen-bond donors (Lipinski definition) is 2. The summed E-state index contributed by atoms with van der Waals surface area (Å²) in [6, 6.07) is -0.0409. The molecule has 0 radical (unpaired) electrons. The van der Waals surface area contributed by atoms with Gasteiger partial charge in [-0.1, -0.05) is 25.7 Å². The van der Waals surface area contributed by atoms with Crippen LogP contribution >= 0.6 is 0 Å². The first-order valence-corrected chi connectivity index (χ1v) is 7.56. The minimum atomic E-state index is -0.424. The molecule has 0 bridgehead atoms. The van der Waals surface area contributed by atoms with E-state index in [1.54, 1.807) is 0 Å². The standard InChI is InChI=1S/C15H26N4O/c1-10-13(11(2)19(3)18-10)14(15(16)20)17-12-8-6-4-5-7-9-12/h12,14,17H,4-9H2,1-3H3,(H2,16,20). The lowest BCUT2D eigenvalue weighted by Gasteiger charge is -2.23. The fourth-order valence-electron chi connectivity index (χ4n) is 3.20. The van der Waals surface area contributed by atoms with Crippen LogP contribution in [0.25, 0.3) is 0 Å². The van der Waals surface area contributed by atoms with Gasteiger partial charge in [-0.2, -0.15) is 5.10 Å². The first-order chi connectivity index (χ1) is 9.50. The number of primary amides is 1. The monoisotopic (exact) mass is 278 g/mol. The van der Waals surface area contributed by atoms with Crippen LogP contribution < -0.4 is 11.1 Å². The van der Waals surface area contributed by atoms with Crippen LogP contribution in [0.4, 0.5) is 0 Å². The molecule has 1 aromatic rings. The summed E-state index contributed by atoms with van der Waals surface area (Å²) in [5.41, 5.74) is 8.47. The molecule has 1 aromatic heterocycles. The number of carbonyl (C=O) groups is 1. The van der Waals surface area contributed by atoms with Crippen LogP contribution in [0.3, 0.4) is 0 Å². The normalized spacial score (nSPS) is 18.8. The minimum absolute atomic E-state index is 0.312. The third-order valence-corrected chi connectivity index (χ3v) is 4.40. The molecule has 1 atom stereocenters. The van der Waals surface area contributed by atoms with E-state index in [-0.39, 0.29) is 5.91 Å². The highest BCUT2D eigenvalue weighted by Crippen LogP contribution is 2.24. The van der Waals surface area contributed by atoms with Crippen LogP contribution in [-0.2, 0) is 11.8 Å². The topological polar surface area (TPSA) is 72.9 Å². The van der Waals surface area contributed by atoms with Gasteiger partial charge in [0.15, 0.2) is 0 Å². The second-order valence-corrected chi connectivity index (χ2v) is 5.90. The Morgan fingerprint density at radius 2 is 1.90 bits per heavy atom. The molecule has 1 heterocycles. The molecular formula is C15H26N4O. The maximum Gasteiger partial charge on any atom is 0.239 e. The quantitative estimate of drug-likeness (QED) is 0.826. The Morgan fingerprint density at radius 1 is 1.30 bits per heavy atom. The summed E-state index contributed by atoms with van der Waals surface area (Å²) >= 11 is 0. The summed E-state index contributed by atoms with van der Waals surface area (Å²) in [6.45, 7) is 3.92. The Hall–Kier alpha value is -1.36. The van der Waals surface area contributed by atoms with E-state index in [1.165, 1.54) is 25.7 Å². The van der Waals surface area contributed by atoms with E-state index >= 15 is 0 Å². The van der Waals surface area contributed by atoms with Gasteiger partial charge in [-0.3, -0.25) is 14.8 Å². The van der Waals surface area contributed by atoms with Crippen molar-refractivity contribution in [2.45, 2.75) is 64.5 Å². The van der Waals surface area contributed by atoms with Crippen LogP contribution in [0.1, 0.15) is 61.5 Å². The van der Waals surface area contributed by atoms with E-state index in [0.717, 1.165) is 29.8 Å². The average molecular weight is 278 g/mol. The lowest BCUT2D eigenvalue weighted by molar-refractivity contribution is -0.120. The van der Waals surface area contributed by atoms with Crippen molar-refractivity contribution >= 4 is 5.91 Å². The van der Waals surface area contributed by atoms with Crippen molar-refractivity contribution < 1.29 is 4.79 Å². The summed E-state index contributed by atoms with van der Waals surface area (Å²) in [4.78, 5) is 11.9. The molecule has 1 aliphatic rings. The lowest BCUT2D eigenvalue weighted by Crippen LogP contribution is -2.40. The van der Waals surface area contributed by atoms with Gasteiger partial charge < -0.3 is 5.73 Å². The van der Waals surface area contributed by atoms with Gasteiger partial charge in [-0.25, -0.2) is 0 Å². The second kappa shape index (κ2) is 6.39. The molecular weight excluding hydrogens is 252 g/mol. The maximum atomic E-state index is 11.9. The Morgan fingerprint density at radius 3 is 2.35 bits per heavy atom. The number of aromatic nitrogens is 2. The number of nitrogens with zero attached hydrogens (tertiary/aromatic N) is 2. The molecule has 20 heavy (non-hydrogen) atoms. The Labute approximate surface area is 120 Å². The molecule has 1 saturated carbocycles. The summed E-state index contributed by atoms with van der Waals surface area (Å²) < 4.78 is 1.81. The molecule has 5 heteroatoms. The third-order valence-electron chi connectivity index (χ3n) is 4.40. The predicted octanol–water partition coefficient (Wildman–Crippen LogP) is 1.88. The van der Waals surface area contributed by atoms with Crippen LogP contribution in [0.2, 0.25) is 0 Å². The van der Waals surface area contributed by atoms with Crippen LogP contribution in [0, 0.1) is 13.8 Å². The average Bonchev–Trinajstić information content (AvgIpc) is 2.61. The van der Waals surface area contributed by atoms with Crippen molar-refractivity contribution in [3.63, 3.8) is 0 Å². The van der Waals surface area contributed by atoms with Crippen molar-refractivity contribution in [2.24, 2.45) is 12.8 Å². The molecule has 2 rings (SSSR count). The third kappa shape index (κ3) is 3.20. The highest BCUT2D eigenvalue weighted by molar-refractivity contribution is 5.82. The van der Waals surface area contributed by atoms with E-state index in [9.17, 15) is 4.79 Å². The molecule has 0 aliphatic heterocycles. The van der Waals surface area contributed by atoms with Gasteiger partial charge in [0.2, 0.25) is 5.91 Å². The molecule has 0 saturated heterocycles. The van der Waals surface area contributed by atoms with Crippen molar-refractivity contribution in [3.8, 4) is 0 Å². The predicted molar refractivity (Wildman–Crippen MR) is 79.2 cm³/mol. The number of rotatable bonds is 4. The zero-order chi connectivity index (χ0) is 14.7. The fourth-order valence-corrected chi connectivity index (χ4v) is 3.20. The molecule has 0 spiro atoms. The van der Waals surface area contributed by atoms with Crippen molar-refractivity contribution in [3.05, 3.63) is 17.0 Å². The van der Waals surface area contributed by atoms with E-state index in [1.807, 2.05) is 25.6 Å². The van der Waals surface area contributed by atoms with Crippen molar-refractivity contribution in [1.29, 1.82) is 0 Å². The molecule has 112 valence electrons. The molecule has 5 nitrogen and oxygen atoms in total. The first-order valence-electron chi connectivity index (χ1n) is 7.56. The zero-order valence-electron chi connectivity index (χ0n) is 12.8. The van der Waals surface area contributed by atoms with Gasteiger partial charge in [0.1, 0.15) is 6.04 Å². The largest absolute Gasteiger partial charge is 0.368 e. The molecule has 3 N–H and O–H groups in total. The number of hydrogen-bond acceptors (Lipinski definition) is 3. The van der Waals surface area contributed by atoms with Crippen LogP contribution in [0.5, 0.6) is 0 Å². The smallest absolute Gasteiger partial charge is 0.239 e. The first kappa shape index (κ1) is 15.0. The Kier molecular flexibility index (Phi) is 4.81. The number of amides is 1. The lowest BCUT2D eigenvalue weighted by atomic mass is 10.0. The highest BCUT2D eigenvalue weighted by atomic mass is 16.1. The van der Waals surface area contributed by atoms with Gasteiger partial charge in [0, 0.05) is 24.3 Å². The maximum absolute atomic E-state index is 11.9. The second-order valence-electron chi connectivity index (χ2n) is 5.90. The number of nitrogens with one attached hydrogen (secondary N) is 1. The highest BCUT2D eigenvalue weighted by Gasteiger charge is 2.27. The van der Waals surface area contributed by atoms with Gasteiger partial charge in [0.05, 0.1) is 5.69 Å². The SMILES string of the molecule is Cc1nn(C)c(C)c1C(NC1CCCCCC1)C(N)=O. The Balaban J connectivity index is 2.20. The van der Waals surface area contributed by atoms with Crippen molar-refractivity contribution in [1.82, 2.24) is 15.1 Å². The molecule has 0 aromatic carbocycles. The summed E-state index contributed by atoms with van der Waals surface area (Å²) in [7, 11) is 1.90. The number of nitrogens with two attached hydrogens (primary N) is 1. The number of carbonyl (C=O) groups excluding carboxylic acids is 1. The molecule has 1 unspecified atom stereocenters. The van der Waals surface area contributed by atoms with E-state index < -0.39 is 6.04 Å². The molecule has 1 amide bonds. The van der Waals surface area contributed by atoms with Crippen LogP contribution in [-0.4, -0.2) is 21.7 Å². The van der Waals surface area contributed by atoms with E-state index in [0.29, 0.717) is 6.04 Å². The van der Waals surface area contributed by atoms with Crippen molar-refractivity contribution in [2.75, 3.05) is 0 Å². The summed E-state index contributed by atoms with van der Waals surface area (Å²) in [5.74, 6) is -0.312. The van der Waals surface area contributed by atoms with Crippen LogP contribution in [0.15, 0.2) is 0 Å². The number of aryl methyl sites for hydroxylation is 2. The van der Waals surface area contributed by atoms with Gasteiger partial charge in [0.25, 0.3) is 0 Å². The van der Waals surface area contributed by atoms with Gasteiger partial charge in [-0.15, -0.1) is 0 Å². The van der Waals surface area contributed by atoms with Gasteiger partial charge >= 0.3 is 0 Å². The molecule has 1 aliphatic carbocycles. The summed E-state index contributed by atoms with van der Waals surface area (Å²) in [6.07, 6.45) is 7.31. The minimum Gasteiger partial charge on any atom is -0.368 e. The fraction of sp³-hybridized carbons (Fsp3) is 0.733.